The van der Waals surface area contributed by atoms with Crippen molar-refractivity contribution in [3.8, 4) is 0 Å². The van der Waals surface area contributed by atoms with Gasteiger partial charge in [-0.1, -0.05) is 50.6 Å². The smallest absolute Gasteiger partial charge is 0.326 e. The number of carbonyl (C=O) groups excluding carboxylic acids is 1. The Balaban J connectivity index is 1.88. The van der Waals surface area contributed by atoms with Gasteiger partial charge in [0.25, 0.3) is 0 Å². The van der Waals surface area contributed by atoms with Crippen molar-refractivity contribution >= 4 is 11.9 Å². The highest BCUT2D eigenvalue weighted by molar-refractivity contribution is 5.87. The monoisotopic (exact) mass is 332 g/mol. The highest BCUT2D eigenvalue weighted by atomic mass is 16.4. The van der Waals surface area contributed by atoms with E-state index in [1.807, 2.05) is 32.0 Å². The van der Waals surface area contributed by atoms with Crippen LogP contribution in [0.5, 0.6) is 0 Å². The van der Waals surface area contributed by atoms with Crippen molar-refractivity contribution in [1.29, 1.82) is 0 Å². The zero-order valence-corrected chi connectivity index (χ0v) is 14.6. The van der Waals surface area contributed by atoms with Gasteiger partial charge in [-0.05, 0) is 37.9 Å². The maximum absolute atomic E-state index is 12.6. The van der Waals surface area contributed by atoms with E-state index in [2.05, 4.69) is 22.3 Å². The Labute approximate surface area is 144 Å². The number of likely N-dealkylation sites (tertiary alicyclic amines) is 1. The molecule has 1 amide bonds. The second kappa shape index (κ2) is 8.29. The highest BCUT2D eigenvalue weighted by Crippen LogP contribution is 2.32. The lowest BCUT2D eigenvalue weighted by molar-refractivity contribution is -0.144. The summed E-state index contributed by atoms with van der Waals surface area (Å²) < 4.78 is 0. The molecule has 2 rings (SSSR count). The lowest BCUT2D eigenvalue weighted by Crippen LogP contribution is -2.51. The molecule has 0 bridgehead atoms. The Morgan fingerprint density at radius 1 is 1.25 bits per heavy atom. The molecule has 0 saturated carbocycles. The Morgan fingerprint density at radius 3 is 2.42 bits per heavy atom. The normalized spacial score (nSPS) is 18.8. The van der Waals surface area contributed by atoms with Gasteiger partial charge in [-0.2, -0.15) is 0 Å². The lowest BCUT2D eigenvalue weighted by Gasteiger charge is -2.38. The first-order chi connectivity index (χ1) is 11.4. The predicted molar refractivity (Wildman–Crippen MR) is 93.5 cm³/mol. The lowest BCUT2D eigenvalue weighted by atomic mass is 9.79. The summed E-state index contributed by atoms with van der Waals surface area (Å²) in [5, 5.41) is 12.0. The van der Waals surface area contributed by atoms with Gasteiger partial charge in [0.1, 0.15) is 6.04 Å². The third-order valence-electron chi connectivity index (χ3n) is 4.94. The average Bonchev–Trinajstić information content (AvgIpc) is 2.57. The van der Waals surface area contributed by atoms with Gasteiger partial charge in [-0.25, -0.2) is 4.79 Å². The van der Waals surface area contributed by atoms with Gasteiger partial charge in [0.05, 0.1) is 0 Å². The summed E-state index contributed by atoms with van der Waals surface area (Å²) in [4.78, 5) is 26.2. The summed E-state index contributed by atoms with van der Waals surface area (Å²) in [6.07, 6.45) is 2.71. The van der Waals surface area contributed by atoms with Crippen LogP contribution in [0.25, 0.3) is 0 Å². The number of carbonyl (C=O) groups is 2. The molecule has 132 valence electrons. The summed E-state index contributed by atoms with van der Waals surface area (Å²) in [6, 6.07) is 9.54. The minimum absolute atomic E-state index is 0.122. The minimum Gasteiger partial charge on any atom is -0.480 e. The number of hydrogen-bond acceptors (Lipinski definition) is 3. The van der Waals surface area contributed by atoms with Crippen molar-refractivity contribution in [2.75, 3.05) is 13.1 Å². The van der Waals surface area contributed by atoms with Crippen LogP contribution in [0.1, 0.15) is 45.1 Å². The first kappa shape index (κ1) is 18.5. The summed E-state index contributed by atoms with van der Waals surface area (Å²) in [5.74, 6) is -1.07. The SMILES string of the molecule is CCCC(NC(=O)C1(C)CCN(Cc2ccccc2)CC1)C(=O)O. The van der Waals surface area contributed by atoms with Crippen LogP contribution in [0.3, 0.4) is 0 Å². The van der Waals surface area contributed by atoms with Crippen molar-refractivity contribution in [3.63, 3.8) is 0 Å². The van der Waals surface area contributed by atoms with Gasteiger partial charge in [-0.15, -0.1) is 0 Å². The van der Waals surface area contributed by atoms with Crippen LogP contribution in [0.4, 0.5) is 0 Å². The van der Waals surface area contributed by atoms with Gasteiger partial charge >= 0.3 is 5.97 Å². The molecular formula is C19H28N2O3. The van der Waals surface area contributed by atoms with Crippen molar-refractivity contribution in [3.05, 3.63) is 35.9 Å². The third kappa shape index (κ3) is 4.81. The van der Waals surface area contributed by atoms with Crippen LogP contribution < -0.4 is 5.32 Å². The zero-order valence-electron chi connectivity index (χ0n) is 14.6. The first-order valence-corrected chi connectivity index (χ1v) is 8.74. The van der Waals surface area contributed by atoms with E-state index in [0.717, 1.165) is 38.9 Å². The number of carboxylic acid groups (broad SMARTS) is 1. The fourth-order valence-corrected chi connectivity index (χ4v) is 3.15. The van der Waals surface area contributed by atoms with Crippen LogP contribution in [0.2, 0.25) is 0 Å². The van der Waals surface area contributed by atoms with E-state index in [4.69, 9.17) is 0 Å². The molecule has 0 aromatic heterocycles. The summed E-state index contributed by atoms with van der Waals surface area (Å²) in [6.45, 7) is 6.47. The predicted octanol–water partition coefficient (Wildman–Crippen LogP) is 2.66. The first-order valence-electron chi connectivity index (χ1n) is 8.74. The number of nitrogens with one attached hydrogen (secondary N) is 1. The molecule has 5 heteroatoms. The molecule has 1 aliphatic rings. The Hall–Kier alpha value is -1.88. The van der Waals surface area contributed by atoms with Crippen molar-refractivity contribution in [2.24, 2.45) is 5.41 Å². The molecule has 24 heavy (non-hydrogen) atoms. The molecular weight excluding hydrogens is 304 g/mol. The topological polar surface area (TPSA) is 69.6 Å². The minimum atomic E-state index is -0.949. The van der Waals surface area contributed by atoms with Crippen LogP contribution in [-0.2, 0) is 16.1 Å². The summed E-state index contributed by atoms with van der Waals surface area (Å²) in [7, 11) is 0. The van der Waals surface area contributed by atoms with Crippen molar-refractivity contribution in [2.45, 2.75) is 52.1 Å². The number of carboxylic acids is 1. The molecule has 1 fully saturated rings. The third-order valence-corrected chi connectivity index (χ3v) is 4.94. The fourth-order valence-electron chi connectivity index (χ4n) is 3.15. The van der Waals surface area contributed by atoms with Crippen LogP contribution >= 0.6 is 0 Å². The fraction of sp³-hybridized carbons (Fsp3) is 0.579. The van der Waals surface area contributed by atoms with E-state index in [1.54, 1.807) is 0 Å². The Kier molecular flexibility index (Phi) is 6.37. The van der Waals surface area contributed by atoms with E-state index >= 15 is 0 Å². The molecule has 0 aliphatic carbocycles. The summed E-state index contributed by atoms with van der Waals surface area (Å²) in [5.41, 5.74) is 0.800. The highest BCUT2D eigenvalue weighted by Gasteiger charge is 2.38. The van der Waals surface area contributed by atoms with Gasteiger partial charge in [0.2, 0.25) is 5.91 Å². The van der Waals surface area contributed by atoms with Crippen LogP contribution in [0, 0.1) is 5.41 Å². The van der Waals surface area contributed by atoms with Gasteiger partial charge in [0.15, 0.2) is 0 Å². The number of benzene rings is 1. The molecule has 1 atom stereocenters. The van der Waals surface area contributed by atoms with Gasteiger partial charge < -0.3 is 10.4 Å². The van der Waals surface area contributed by atoms with Gasteiger partial charge in [-0.3, -0.25) is 9.69 Å². The average molecular weight is 332 g/mol. The van der Waals surface area contributed by atoms with E-state index in [1.165, 1.54) is 5.56 Å². The Morgan fingerprint density at radius 2 is 1.88 bits per heavy atom. The molecule has 1 aromatic carbocycles. The van der Waals surface area contributed by atoms with E-state index in [0.29, 0.717) is 6.42 Å². The number of amides is 1. The van der Waals surface area contributed by atoms with Crippen molar-refractivity contribution in [1.82, 2.24) is 10.2 Å². The largest absolute Gasteiger partial charge is 0.480 e. The van der Waals surface area contributed by atoms with Crippen LogP contribution in [-0.4, -0.2) is 41.0 Å². The maximum atomic E-state index is 12.6. The van der Waals surface area contributed by atoms with Crippen LogP contribution in [0.15, 0.2) is 30.3 Å². The standard InChI is InChI=1S/C19H28N2O3/c1-3-7-16(17(22)23)20-18(24)19(2)10-12-21(13-11-19)14-15-8-5-4-6-9-15/h4-6,8-9,16H,3,7,10-14H2,1-2H3,(H,20,24)(H,22,23). The quantitative estimate of drug-likeness (QED) is 0.805. The second-order valence-electron chi connectivity index (χ2n) is 6.98. The molecule has 0 radical (unpaired) electrons. The zero-order chi connectivity index (χ0) is 17.6. The molecule has 1 aliphatic heterocycles. The molecule has 0 spiro atoms. The molecule has 2 N–H and O–H groups in total. The molecule has 1 heterocycles. The number of rotatable bonds is 7. The second-order valence-corrected chi connectivity index (χ2v) is 6.98. The van der Waals surface area contributed by atoms with E-state index in [-0.39, 0.29) is 5.91 Å². The molecule has 1 unspecified atom stereocenters. The summed E-state index contributed by atoms with van der Waals surface area (Å²) >= 11 is 0. The van der Waals surface area contributed by atoms with Gasteiger partial charge in [0, 0.05) is 12.0 Å². The molecule has 5 nitrogen and oxygen atoms in total. The number of piperidine rings is 1. The molecule has 1 saturated heterocycles. The van der Waals surface area contributed by atoms with E-state index < -0.39 is 17.4 Å². The number of hydrogen-bond donors (Lipinski definition) is 2. The number of nitrogens with zero attached hydrogens (tertiary/aromatic N) is 1. The molecule has 1 aromatic rings. The maximum Gasteiger partial charge on any atom is 0.326 e. The number of aliphatic carboxylic acids is 1. The Bertz CT molecular complexity index is 551. The van der Waals surface area contributed by atoms with Crippen molar-refractivity contribution < 1.29 is 14.7 Å². The van der Waals surface area contributed by atoms with E-state index in [9.17, 15) is 14.7 Å².